The summed E-state index contributed by atoms with van der Waals surface area (Å²) in [7, 11) is 0. The van der Waals surface area contributed by atoms with E-state index in [1.165, 1.54) is 12.5 Å². The topological polar surface area (TPSA) is 91.4 Å². The number of cyclic esters (lactones) is 1. The highest BCUT2D eigenvalue weighted by molar-refractivity contribution is 5.88. The molecule has 0 spiro atoms. The SMILES string of the molecule is CC(=O)O[C@]12CCC(C)=CC[C@]13CC[C@H]2[C@@](C)(/C=C/C=C(\C)C(=O)OCCCN1CCOCC1)OC3=O. The highest BCUT2D eigenvalue weighted by atomic mass is 16.6. The number of morpholine rings is 1. The van der Waals surface area contributed by atoms with E-state index >= 15 is 0 Å². The number of hydrogen-bond acceptors (Lipinski definition) is 8. The third kappa shape index (κ3) is 5.41. The van der Waals surface area contributed by atoms with Gasteiger partial charge in [0.2, 0.25) is 0 Å². The molecule has 2 aliphatic heterocycles. The van der Waals surface area contributed by atoms with Crippen LogP contribution in [0.5, 0.6) is 0 Å². The third-order valence-corrected chi connectivity index (χ3v) is 8.69. The zero-order valence-corrected chi connectivity index (χ0v) is 22.7. The summed E-state index contributed by atoms with van der Waals surface area (Å²) in [6.45, 7) is 11.6. The molecule has 8 heteroatoms. The van der Waals surface area contributed by atoms with Crippen LogP contribution in [0.15, 0.2) is 35.5 Å². The van der Waals surface area contributed by atoms with E-state index in [1.54, 1.807) is 19.1 Å². The molecule has 4 atom stereocenters. The molecular formula is C29H41NO7. The van der Waals surface area contributed by atoms with Crippen LogP contribution in [0.3, 0.4) is 0 Å². The fraction of sp³-hybridized carbons (Fsp3) is 0.690. The number of allylic oxidation sites excluding steroid dienone is 4. The van der Waals surface area contributed by atoms with Crippen molar-refractivity contribution >= 4 is 17.9 Å². The van der Waals surface area contributed by atoms with E-state index in [-0.39, 0.29) is 23.8 Å². The first-order valence-electron chi connectivity index (χ1n) is 13.5. The van der Waals surface area contributed by atoms with Gasteiger partial charge in [-0.25, -0.2) is 4.79 Å². The minimum Gasteiger partial charge on any atom is -0.462 e. The first-order chi connectivity index (χ1) is 17.6. The largest absolute Gasteiger partial charge is 0.462 e. The summed E-state index contributed by atoms with van der Waals surface area (Å²) in [5.74, 6) is -1.21. The van der Waals surface area contributed by atoms with Crippen molar-refractivity contribution in [1.82, 2.24) is 4.90 Å². The lowest BCUT2D eigenvalue weighted by Crippen LogP contribution is -2.65. The van der Waals surface area contributed by atoms with Gasteiger partial charge >= 0.3 is 17.9 Å². The Bertz CT molecular complexity index is 994. The third-order valence-electron chi connectivity index (χ3n) is 8.69. The molecule has 2 heterocycles. The van der Waals surface area contributed by atoms with Gasteiger partial charge in [-0.1, -0.05) is 23.8 Å². The number of rotatable bonds is 8. The van der Waals surface area contributed by atoms with Crippen LogP contribution in [-0.2, 0) is 33.3 Å². The van der Waals surface area contributed by atoms with E-state index in [0.717, 1.165) is 52.1 Å². The highest BCUT2D eigenvalue weighted by Crippen LogP contribution is 2.65. The minimum atomic E-state index is -0.955. The molecule has 2 saturated heterocycles. The fourth-order valence-corrected chi connectivity index (χ4v) is 6.64. The Morgan fingerprint density at radius 3 is 2.70 bits per heavy atom. The minimum absolute atomic E-state index is 0.169. The van der Waals surface area contributed by atoms with Crippen molar-refractivity contribution in [2.24, 2.45) is 11.3 Å². The molecule has 2 bridgehead atoms. The number of esters is 3. The molecule has 0 aromatic rings. The van der Waals surface area contributed by atoms with Gasteiger partial charge in [0.25, 0.3) is 0 Å². The van der Waals surface area contributed by atoms with Crippen LogP contribution in [0.4, 0.5) is 0 Å². The zero-order chi connectivity index (χ0) is 26.7. The summed E-state index contributed by atoms with van der Waals surface area (Å²) >= 11 is 0. The van der Waals surface area contributed by atoms with E-state index in [9.17, 15) is 14.4 Å². The highest BCUT2D eigenvalue weighted by Gasteiger charge is 2.74. The molecule has 3 fully saturated rings. The molecule has 204 valence electrons. The first-order valence-corrected chi connectivity index (χ1v) is 13.5. The van der Waals surface area contributed by atoms with E-state index in [4.69, 9.17) is 18.9 Å². The molecule has 0 unspecified atom stereocenters. The van der Waals surface area contributed by atoms with Crippen LogP contribution < -0.4 is 0 Å². The zero-order valence-electron chi connectivity index (χ0n) is 22.7. The summed E-state index contributed by atoms with van der Waals surface area (Å²) in [6, 6.07) is 0. The van der Waals surface area contributed by atoms with E-state index in [1.807, 2.05) is 13.0 Å². The van der Waals surface area contributed by atoms with E-state index in [2.05, 4.69) is 17.9 Å². The van der Waals surface area contributed by atoms with Crippen LogP contribution in [0.25, 0.3) is 0 Å². The molecule has 37 heavy (non-hydrogen) atoms. The molecule has 2 aliphatic carbocycles. The molecule has 4 aliphatic rings. The maximum Gasteiger partial charge on any atom is 0.333 e. The lowest BCUT2D eigenvalue weighted by Gasteiger charge is -2.54. The number of carbonyl (C=O) groups excluding carboxylic acids is 3. The normalized spacial score (nSPS) is 34.4. The van der Waals surface area contributed by atoms with Crippen LogP contribution in [0, 0.1) is 11.3 Å². The Kier molecular flexibility index (Phi) is 8.29. The van der Waals surface area contributed by atoms with Gasteiger partial charge in [0.05, 0.1) is 19.8 Å². The molecule has 0 aromatic carbocycles. The number of carbonyl (C=O) groups is 3. The predicted octanol–water partition coefficient (Wildman–Crippen LogP) is 3.90. The van der Waals surface area contributed by atoms with Crippen molar-refractivity contribution in [3.8, 4) is 0 Å². The van der Waals surface area contributed by atoms with Gasteiger partial charge in [-0.2, -0.15) is 0 Å². The molecule has 1 saturated carbocycles. The predicted molar refractivity (Wildman–Crippen MR) is 137 cm³/mol. The van der Waals surface area contributed by atoms with Gasteiger partial charge in [0.1, 0.15) is 16.6 Å². The maximum atomic E-state index is 13.6. The number of ether oxygens (including phenoxy) is 4. The fourth-order valence-electron chi connectivity index (χ4n) is 6.64. The summed E-state index contributed by atoms with van der Waals surface area (Å²) in [5, 5.41) is 0. The Morgan fingerprint density at radius 2 is 1.97 bits per heavy atom. The van der Waals surface area contributed by atoms with Gasteiger partial charge < -0.3 is 18.9 Å². The standard InChI is InChI=1S/C29H41NO7/c1-21-8-12-28-13-10-24(29(28,14-9-21)36-23(3)31)27(4,37-26(28)33)11-5-7-22(2)25(32)35-18-6-15-30-16-19-34-20-17-30/h5,7-8,11,24H,6,9-10,12-20H2,1-4H3/b11-5+,22-7+/t24-,27+,28+,29-/m0/s1. The van der Waals surface area contributed by atoms with E-state index in [0.29, 0.717) is 31.4 Å². The molecule has 8 nitrogen and oxygen atoms in total. The molecule has 4 rings (SSSR count). The summed E-state index contributed by atoms with van der Waals surface area (Å²) in [5.41, 5.74) is -1.03. The Morgan fingerprint density at radius 1 is 1.22 bits per heavy atom. The molecular weight excluding hydrogens is 474 g/mol. The maximum absolute atomic E-state index is 13.6. The summed E-state index contributed by atoms with van der Waals surface area (Å²) < 4.78 is 23.0. The average molecular weight is 516 g/mol. The second kappa shape index (κ2) is 11.1. The van der Waals surface area contributed by atoms with Gasteiger partial charge in [0, 0.05) is 38.0 Å². The summed E-state index contributed by atoms with van der Waals surface area (Å²) in [4.78, 5) is 40.6. The lowest BCUT2D eigenvalue weighted by atomic mass is 9.62. The number of hydrogen-bond donors (Lipinski definition) is 0. The second-order valence-corrected chi connectivity index (χ2v) is 11.1. The smallest absolute Gasteiger partial charge is 0.333 e. The van der Waals surface area contributed by atoms with Crippen molar-refractivity contribution in [2.45, 2.75) is 77.4 Å². The van der Waals surface area contributed by atoms with Gasteiger partial charge in [0.15, 0.2) is 0 Å². The van der Waals surface area contributed by atoms with Gasteiger partial charge in [-0.05, 0) is 65.4 Å². The molecule has 0 aromatic heterocycles. The Hall–Kier alpha value is -2.45. The summed E-state index contributed by atoms with van der Waals surface area (Å²) in [6.07, 6.45) is 11.4. The molecule has 0 radical (unpaired) electrons. The average Bonchev–Trinajstić information content (AvgIpc) is 3.04. The van der Waals surface area contributed by atoms with Gasteiger partial charge in [-0.15, -0.1) is 0 Å². The van der Waals surface area contributed by atoms with Crippen molar-refractivity contribution < 1.29 is 33.3 Å². The first kappa shape index (κ1) is 27.6. The van der Waals surface area contributed by atoms with Crippen molar-refractivity contribution in [1.29, 1.82) is 0 Å². The molecule has 0 amide bonds. The van der Waals surface area contributed by atoms with Crippen LogP contribution in [0.1, 0.15) is 66.2 Å². The number of nitrogens with zero attached hydrogens (tertiary/aromatic N) is 1. The van der Waals surface area contributed by atoms with Crippen molar-refractivity contribution in [2.75, 3.05) is 39.5 Å². The monoisotopic (exact) mass is 515 g/mol. The second-order valence-electron chi connectivity index (χ2n) is 11.1. The van der Waals surface area contributed by atoms with Crippen molar-refractivity contribution in [3.63, 3.8) is 0 Å². The van der Waals surface area contributed by atoms with Crippen LogP contribution >= 0.6 is 0 Å². The lowest BCUT2D eigenvalue weighted by molar-refractivity contribution is -0.235. The van der Waals surface area contributed by atoms with Crippen molar-refractivity contribution in [3.05, 3.63) is 35.5 Å². The molecule has 0 N–H and O–H groups in total. The van der Waals surface area contributed by atoms with Crippen LogP contribution in [-0.4, -0.2) is 73.5 Å². The van der Waals surface area contributed by atoms with Crippen LogP contribution in [0.2, 0.25) is 0 Å². The quantitative estimate of drug-likeness (QED) is 0.120. The van der Waals surface area contributed by atoms with E-state index < -0.39 is 16.6 Å². The van der Waals surface area contributed by atoms with Gasteiger partial charge in [-0.3, -0.25) is 14.5 Å². The Balaban J connectivity index is 1.43. The Labute approximate surface area is 220 Å².